The minimum atomic E-state index is 0.369. The number of rotatable bonds is 5. The van der Waals surface area contributed by atoms with Crippen LogP contribution in [-0.2, 0) is 0 Å². The number of hydrogen-bond acceptors (Lipinski definition) is 3. The van der Waals surface area contributed by atoms with Crippen molar-refractivity contribution in [1.29, 1.82) is 5.41 Å². The summed E-state index contributed by atoms with van der Waals surface area (Å²) in [4.78, 5) is 6.00. The SMILES string of the molecule is CCSc1ccc(Cl)c(N(C)C(=N)N(C)c2cccc(SC)c2)c1. The molecule has 0 atom stereocenters. The number of nitrogens with zero attached hydrogens (tertiary/aromatic N) is 2. The van der Waals surface area contributed by atoms with Crippen molar-refractivity contribution < 1.29 is 0 Å². The molecule has 0 aliphatic carbocycles. The molecular weight excluding hydrogens is 358 g/mol. The van der Waals surface area contributed by atoms with E-state index in [2.05, 4.69) is 19.1 Å². The second kappa shape index (κ2) is 8.70. The maximum atomic E-state index is 8.55. The Hall–Kier alpha value is -1.30. The molecule has 2 rings (SSSR count). The van der Waals surface area contributed by atoms with E-state index >= 15 is 0 Å². The summed E-state index contributed by atoms with van der Waals surface area (Å²) < 4.78 is 0. The van der Waals surface area contributed by atoms with Gasteiger partial charge in [0.05, 0.1) is 10.7 Å². The van der Waals surface area contributed by atoms with Crippen LogP contribution >= 0.6 is 35.1 Å². The van der Waals surface area contributed by atoms with E-state index in [4.69, 9.17) is 17.0 Å². The first-order valence-corrected chi connectivity index (χ1v) is 10.2. The number of benzene rings is 2. The highest BCUT2D eigenvalue weighted by Crippen LogP contribution is 2.31. The number of guanidine groups is 1. The third-order valence-electron chi connectivity index (χ3n) is 3.67. The fraction of sp³-hybridized carbons (Fsp3) is 0.278. The number of halogens is 1. The van der Waals surface area contributed by atoms with Gasteiger partial charge in [-0.25, -0.2) is 0 Å². The van der Waals surface area contributed by atoms with Gasteiger partial charge in [0, 0.05) is 29.6 Å². The summed E-state index contributed by atoms with van der Waals surface area (Å²) in [5.41, 5.74) is 1.82. The lowest BCUT2D eigenvalue weighted by atomic mass is 10.3. The summed E-state index contributed by atoms with van der Waals surface area (Å²) >= 11 is 9.82. The molecule has 24 heavy (non-hydrogen) atoms. The van der Waals surface area contributed by atoms with Crippen LogP contribution in [0.1, 0.15) is 6.92 Å². The molecule has 128 valence electrons. The van der Waals surface area contributed by atoms with E-state index in [9.17, 15) is 0 Å². The van der Waals surface area contributed by atoms with Crippen LogP contribution < -0.4 is 9.80 Å². The third-order valence-corrected chi connectivity index (χ3v) is 5.59. The van der Waals surface area contributed by atoms with E-state index in [-0.39, 0.29) is 0 Å². The lowest BCUT2D eigenvalue weighted by Gasteiger charge is -2.29. The Balaban J connectivity index is 2.26. The number of nitrogens with one attached hydrogen (secondary N) is 1. The average Bonchev–Trinajstić information content (AvgIpc) is 2.61. The van der Waals surface area contributed by atoms with Gasteiger partial charge in [0.1, 0.15) is 0 Å². The molecule has 0 spiro atoms. The Morgan fingerprint density at radius 1 is 1.08 bits per heavy atom. The zero-order chi connectivity index (χ0) is 17.7. The zero-order valence-corrected chi connectivity index (χ0v) is 16.7. The molecule has 2 aromatic rings. The van der Waals surface area contributed by atoms with Gasteiger partial charge in [0.2, 0.25) is 5.96 Å². The highest BCUT2D eigenvalue weighted by Gasteiger charge is 2.16. The molecule has 0 unspecified atom stereocenters. The van der Waals surface area contributed by atoms with Crippen LogP contribution in [0.25, 0.3) is 0 Å². The molecule has 0 aliphatic rings. The Labute approximate surface area is 157 Å². The summed E-state index contributed by atoms with van der Waals surface area (Å²) in [6.07, 6.45) is 2.05. The molecule has 6 heteroatoms. The Kier molecular flexibility index (Phi) is 6.90. The molecule has 0 bridgehead atoms. The topological polar surface area (TPSA) is 30.3 Å². The molecule has 0 amide bonds. The summed E-state index contributed by atoms with van der Waals surface area (Å²) in [6.45, 7) is 2.12. The Bertz CT molecular complexity index is 721. The third kappa shape index (κ3) is 4.41. The summed E-state index contributed by atoms with van der Waals surface area (Å²) in [5, 5.41) is 9.20. The van der Waals surface area contributed by atoms with Gasteiger partial charge in [-0.15, -0.1) is 23.5 Å². The van der Waals surface area contributed by atoms with E-state index in [1.807, 2.05) is 60.5 Å². The highest BCUT2D eigenvalue weighted by molar-refractivity contribution is 7.99. The molecule has 1 N–H and O–H groups in total. The predicted molar refractivity (Wildman–Crippen MR) is 111 cm³/mol. The van der Waals surface area contributed by atoms with Crippen molar-refractivity contribution in [3.63, 3.8) is 0 Å². The molecule has 0 saturated carbocycles. The molecule has 0 saturated heterocycles. The van der Waals surface area contributed by atoms with E-state index in [0.717, 1.165) is 22.0 Å². The van der Waals surface area contributed by atoms with Gasteiger partial charge in [0.25, 0.3) is 0 Å². The standard InChI is InChI=1S/C18H22ClN3S2/c1-5-24-15-9-10-16(19)17(12-15)22(3)18(20)21(2)13-7-6-8-14(11-13)23-4/h6-12,20H,5H2,1-4H3. The molecule has 0 aliphatic heterocycles. The number of thioether (sulfide) groups is 2. The zero-order valence-electron chi connectivity index (χ0n) is 14.3. The highest BCUT2D eigenvalue weighted by atomic mass is 35.5. The Morgan fingerprint density at radius 2 is 1.83 bits per heavy atom. The van der Waals surface area contributed by atoms with Crippen LogP contribution in [0.15, 0.2) is 52.3 Å². The van der Waals surface area contributed by atoms with Crippen LogP contribution in [0.3, 0.4) is 0 Å². The first-order valence-electron chi connectivity index (χ1n) is 7.60. The monoisotopic (exact) mass is 379 g/mol. The predicted octanol–water partition coefficient (Wildman–Crippen LogP) is 5.68. The largest absolute Gasteiger partial charge is 0.315 e. The lowest BCUT2D eigenvalue weighted by molar-refractivity contribution is 1.11. The van der Waals surface area contributed by atoms with Gasteiger partial charge in [-0.1, -0.05) is 24.6 Å². The summed E-state index contributed by atoms with van der Waals surface area (Å²) in [6, 6.07) is 14.1. The Morgan fingerprint density at radius 3 is 2.50 bits per heavy atom. The van der Waals surface area contributed by atoms with Crippen molar-refractivity contribution in [1.82, 2.24) is 0 Å². The van der Waals surface area contributed by atoms with Crippen LogP contribution in [-0.4, -0.2) is 32.1 Å². The van der Waals surface area contributed by atoms with Gasteiger partial charge in [-0.2, -0.15) is 0 Å². The molecule has 2 aromatic carbocycles. The summed E-state index contributed by atoms with van der Waals surface area (Å²) in [7, 11) is 3.77. The van der Waals surface area contributed by atoms with E-state index in [1.165, 1.54) is 4.90 Å². The fourth-order valence-electron chi connectivity index (χ4n) is 2.29. The molecular formula is C18H22ClN3S2. The fourth-order valence-corrected chi connectivity index (χ4v) is 3.68. The maximum absolute atomic E-state index is 8.55. The van der Waals surface area contributed by atoms with Gasteiger partial charge >= 0.3 is 0 Å². The second-order valence-corrected chi connectivity index (χ2v) is 7.81. The number of anilines is 2. The van der Waals surface area contributed by atoms with Gasteiger partial charge in [-0.3, -0.25) is 5.41 Å². The van der Waals surface area contributed by atoms with Crippen molar-refractivity contribution in [2.24, 2.45) is 0 Å². The van der Waals surface area contributed by atoms with E-state index in [1.54, 1.807) is 23.5 Å². The summed E-state index contributed by atoms with van der Waals surface area (Å²) in [5.74, 6) is 1.37. The molecule has 0 radical (unpaired) electrons. The molecule has 0 heterocycles. The molecule has 0 fully saturated rings. The first-order chi connectivity index (χ1) is 11.5. The molecule has 3 nitrogen and oxygen atoms in total. The molecule has 0 aromatic heterocycles. The normalized spacial score (nSPS) is 10.5. The van der Waals surface area contributed by atoms with Crippen molar-refractivity contribution in [3.05, 3.63) is 47.5 Å². The van der Waals surface area contributed by atoms with Crippen LogP contribution in [0.4, 0.5) is 11.4 Å². The minimum Gasteiger partial charge on any atom is -0.315 e. The van der Waals surface area contributed by atoms with E-state index in [0.29, 0.717) is 11.0 Å². The van der Waals surface area contributed by atoms with Crippen LogP contribution in [0, 0.1) is 5.41 Å². The van der Waals surface area contributed by atoms with Crippen molar-refractivity contribution in [3.8, 4) is 0 Å². The average molecular weight is 380 g/mol. The second-order valence-electron chi connectivity index (χ2n) is 5.19. The van der Waals surface area contributed by atoms with Gasteiger partial charge in [0.15, 0.2) is 0 Å². The maximum Gasteiger partial charge on any atom is 0.202 e. The van der Waals surface area contributed by atoms with Crippen molar-refractivity contribution in [2.75, 3.05) is 35.9 Å². The van der Waals surface area contributed by atoms with Crippen molar-refractivity contribution >= 4 is 52.5 Å². The smallest absolute Gasteiger partial charge is 0.202 e. The van der Waals surface area contributed by atoms with Gasteiger partial charge < -0.3 is 9.80 Å². The first kappa shape index (κ1) is 19.0. The van der Waals surface area contributed by atoms with E-state index < -0.39 is 0 Å². The van der Waals surface area contributed by atoms with Crippen molar-refractivity contribution in [2.45, 2.75) is 16.7 Å². The number of hydrogen-bond donors (Lipinski definition) is 1. The van der Waals surface area contributed by atoms with Crippen LogP contribution in [0.5, 0.6) is 0 Å². The quantitative estimate of drug-likeness (QED) is 0.411. The lowest BCUT2D eigenvalue weighted by Crippen LogP contribution is -2.39. The van der Waals surface area contributed by atoms with Crippen LogP contribution in [0.2, 0.25) is 5.02 Å². The van der Waals surface area contributed by atoms with Gasteiger partial charge in [-0.05, 0) is 48.4 Å². The minimum absolute atomic E-state index is 0.369.